The first kappa shape index (κ1) is 20.3. The average molecular weight is 390 g/mol. The summed E-state index contributed by atoms with van der Waals surface area (Å²) in [4.78, 5) is 38.2. The van der Waals surface area contributed by atoms with Crippen LogP contribution in [0, 0.1) is 17.7 Å². The van der Waals surface area contributed by atoms with Gasteiger partial charge in [-0.2, -0.15) is 0 Å². The van der Waals surface area contributed by atoms with Crippen LogP contribution in [0.4, 0.5) is 4.39 Å². The van der Waals surface area contributed by atoms with Gasteiger partial charge in [0.2, 0.25) is 11.8 Å². The maximum absolute atomic E-state index is 13.2. The number of rotatable bonds is 6. The van der Waals surface area contributed by atoms with Crippen LogP contribution in [0.3, 0.4) is 0 Å². The van der Waals surface area contributed by atoms with Gasteiger partial charge in [0.05, 0.1) is 18.4 Å². The van der Waals surface area contributed by atoms with E-state index in [0.717, 1.165) is 25.7 Å². The minimum Gasteiger partial charge on any atom is -0.481 e. The standard InChI is InChI=1S/C21H27FN2O4/c1-13-2-8-17(9-3-13)24-12-15(10-19(24)25)21(28)23-18(11-20(26)27)14-4-6-16(22)7-5-14/h4-7,13,15,17-18H,2-3,8-12H2,1H3,(H,23,28)(H,26,27). The molecule has 2 atom stereocenters. The number of carbonyl (C=O) groups is 3. The van der Waals surface area contributed by atoms with Crippen molar-refractivity contribution in [2.24, 2.45) is 11.8 Å². The Labute approximate surface area is 164 Å². The second kappa shape index (κ2) is 8.71. The molecule has 3 rings (SSSR count). The predicted octanol–water partition coefficient (Wildman–Crippen LogP) is 2.88. The third-order valence-electron chi connectivity index (χ3n) is 5.92. The lowest BCUT2D eigenvalue weighted by molar-refractivity contribution is -0.138. The summed E-state index contributed by atoms with van der Waals surface area (Å²) in [6.07, 6.45) is 3.98. The van der Waals surface area contributed by atoms with Crippen LogP contribution >= 0.6 is 0 Å². The summed E-state index contributed by atoms with van der Waals surface area (Å²) in [5.74, 6) is -1.62. The van der Waals surface area contributed by atoms with Gasteiger partial charge in [0.1, 0.15) is 5.82 Å². The van der Waals surface area contributed by atoms with Crippen LogP contribution in [0.5, 0.6) is 0 Å². The number of carboxylic acid groups (broad SMARTS) is 1. The molecule has 1 saturated carbocycles. The molecule has 0 spiro atoms. The number of aliphatic carboxylic acids is 1. The lowest BCUT2D eigenvalue weighted by Gasteiger charge is -2.33. The molecule has 6 nitrogen and oxygen atoms in total. The van der Waals surface area contributed by atoms with Gasteiger partial charge in [0, 0.05) is 19.0 Å². The van der Waals surface area contributed by atoms with Gasteiger partial charge in [-0.3, -0.25) is 14.4 Å². The fourth-order valence-electron chi connectivity index (χ4n) is 4.23. The van der Waals surface area contributed by atoms with Crippen LogP contribution in [0.1, 0.15) is 57.1 Å². The molecule has 2 amide bonds. The second-order valence-corrected chi connectivity index (χ2v) is 8.07. The van der Waals surface area contributed by atoms with Crippen molar-refractivity contribution in [3.63, 3.8) is 0 Å². The summed E-state index contributed by atoms with van der Waals surface area (Å²) >= 11 is 0. The SMILES string of the molecule is CC1CCC(N2CC(C(=O)NC(CC(=O)O)c3ccc(F)cc3)CC2=O)CC1. The fraction of sp³-hybridized carbons (Fsp3) is 0.571. The van der Waals surface area contributed by atoms with Crippen LogP contribution in [-0.2, 0) is 14.4 Å². The van der Waals surface area contributed by atoms with E-state index in [1.54, 1.807) is 0 Å². The van der Waals surface area contributed by atoms with E-state index >= 15 is 0 Å². The Bertz CT molecular complexity index is 728. The highest BCUT2D eigenvalue weighted by Crippen LogP contribution is 2.31. The summed E-state index contributed by atoms with van der Waals surface area (Å²) in [5, 5.41) is 11.9. The number of hydrogen-bond acceptors (Lipinski definition) is 3. The number of benzene rings is 1. The molecule has 1 aromatic carbocycles. The molecule has 28 heavy (non-hydrogen) atoms. The zero-order valence-corrected chi connectivity index (χ0v) is 16.1. The number of likely N-dealkylation sites (tertiary alicyclic amines) is 1. The summed E-state index contributed by atoms with van der Waals surface area (Å²) in [6, 6.07) is 4.86. The van der Waals surface area contributed by atoms with Crippen LogP contribution in [-0.4, -0.2) is 40.4 Å². The Morgan fingerprint density at radius 1 is 1.21 bits per heavy atom. The Balaban J connectivity index is 1.64. The molecule has 0 radical (unpaired) electrons. The smallest absolute Gasteiger partial charge is 0.305 e. The second-order valence-electron chi connectivity index (χ2n) is 8.07. The Kier molecular flexibility index (Phi) is 6.31. The molecule has 1 aromatic rings. The molecular formula is C21H27FN2O4. The first-order valence-electron chi connectivity index (χ1n) is 9.90. The molecule has 2 unspecified atom stereocenters. The fourth-order valence-corrected chi connectivity index (χ4v) is 4.23. The van der Waals surface area contributed by atoms with Crippen molar-refractivity contribution >= 4 is 17.8 Å². The number of carboxylic acids is 1. The van der Waals surface area contributed by atoms with Crippen LogP contribution < -0.4 is 5.32 Å². The summed E-state index contributed by atoms with van der Waals surface area (Å²) in [5.41, 5.74) is 0.527. The Morgan fingerprint density at radius 2 is 1.86 bits per heavy atom. The first-order valence-corrected chi connectivity index (χ1v) is 9.90. The van der Waals surface area contributed by atoms with Crippen LogP contribution in [0.15, 0.2) is 24.3 Å². The summed E-state index contributed by atoms with van der Waals surface area (Å²) in [6.45, 7) is 2.60. The highest BCUT2D eigenvalue weighted by molar-refractivity contribution is 5.89. The van der Waals surface area contributed by atoms with E-state index in [-0.39, 0.29) is 30.7 Å². The molecule has 0 bridgehead atoms. The van der Waals surface area contributed by atoms with E-state index in [2.05, 4.69) is 12.2 Å². The van der Waals surface area contributed by atoms with E-state index in [0.29, 0.717) is 18.0 Å². The van der Waals surface area contributed by atoms with Crippen molar-refractivity contribution in [1.82, 2.24) is 10.2 Å². The molecule has 2 aliphatic rings. The molecule has 0 aromatic heterocycles. The van der Waals surface area contributed by atoms with Gasteiger partial charge >= 0.3 is 5.97 Å². The topological polar surface area (TPSA) is 86.7 Å². The zero-order valence-electron chi connectivity index (χ0n) is 16.1. The highest BCUT2D eigenvalue weighted by atomic mass is 19.1. The van der Waals surface area contributed by atoms with Crippen molar-refractivity contribution in [2.75, 3.05) is 6.54 Å². The van der Waals surface area contributed by atoms with Crippen molar-refractivity contribution < 1.29 is 23.9 Å². The lowest BCUT2D eigenvalue weighted by Crippen LogP contribution is -2.40. The molecule has 152 valence electrons. The minimum absolute atomic E-state index is 0.00345. The molecular weight excluding hydrogens is 363 g/mol. The molecule has 2 fully saturated rings. The largest absolute Gasteiger partial charge is 0.481 e. The molecule has 1 saturated heterocycles. The molecule has 1 aliphatic carbocycles. The lowest BCUT2D eigenvalue weighted by atomic mass is 9.86. The van der Waals surface area contributed by atoms with E-state index in [4.69, 9.17) is 5.11 Å². The van der Waals surface area contributed by atoms with Gasteiger partial charge in [-0.15, -0.1) is 0 Å². The molecule has 7 heteroatoms. The maximum atomic E-state index is 13.2. The van der Waals surface area contributed by atoms with Crippen molar-refractivity contribution in [2.45, 2.75) is 57.5 Å². The first-order chi connectivity index (χ1) is 13.3. The molecule has 1 heterocycles. The molecule has 1 aliphatic heterocycles. The average Bonchev–Trinajstić information content (AvgIpc) is 3.04. The molecule has 2 N–H and O–H groups in total. The number of carbonyl (C=O) groups excluding carboxylic acids is 2. The van der Waals surface area contributed by atoms with Crippen molar-refractivity contribution in [3.8, 4) is 0 Å². The number of halogens is 1. The highest BCUT2D eigenvalue weighted by Gasteiger charge is 2.39. The van der Waals surface area contributed by atoms with Crippen molar-refractivity contribution in [1.29, 1.82) is 0 Å². The maximum Gasteiger partial charge on any atom is 0.305 e. The summed E-state index contributed by atoms with van der Waals surface area (Å²) in [7, 11) is 0. The summed E-state index contributed by atoms with van der Waals surface area (Å²) < 4.78 is 13.2. The van der Waals surface area contributed by atoms with E-state index in [9.17, 15) is 18.8 Å². The van der Waals surface area contributed by atoms with Gasteiger partial charge in [-0.1, -0.05) is 19.1 Å². The Morgan fingerprint density at radius 3 is 2.46 bits per heavy atom. The van der Waals surface area contributed by atoms with Crippen molar-refractivity contribution in [3.05, 3.63) is 35.6 Å². The normalized spacial score (nSPS) is 26.1. The number of hydrogen-bond donors (Lipinski definition) is 2. The minimum atomic E-state index is -1.06. The monoisotopic (exact) mass is 390 g/mol. The number of nitrogens with zero attached hydrogens (tertiary/aromatic N) is 1. The quantitative estimate of drug-likeness (QED) is 0.782. The third kappa shape index (κ3) is 4.88. The number of nitrogens with one attached hydrogen (secondary N) is 1. The van der Waals surface area contributed by atoms with E-state index < -0.39 is 23.7 Å². The van der Waals surface area contributed by atoms with E-state index in [1.165, 1.54) is 24.3 Å². The van der Waals surface area contributed by atoms with Gasteiger partial charge in [-0.25, -0.2) is 4.39 Å². The zero-order chi connectivity index (χ0) is 20.3. The van der Waals surface area contributed by atoms with Crippen LogP contribution in [0.2, 0.25) is 0 Å². The number of amides is 2. The van der Waals surface area contributed by atoms with Gasteiger partial charge in [0.25, 0.3) is 0 Å². The van der Waals surface area contributed by atoms with Crippen LogP contribution in [0.25, 0.3) is 0 Å². The third-order valence-corrected chi connectivity index (χ3v) is 5.92. The Hall–Kier alpha value is -2.44. The van der Waals surface area contributed by atoms with Gasteiger partial charge in [0.15, 0.2) is 0 Å². The van der Waals surface area contributed by atoms with E-state index in [1.807, 2.05) is 4.90 Å². The van der Waals surface area contributed by atoms with Gasteiger partial charge < -0.3 is 15.3 Å². The van der Waals surface area contributed by atoms with Gasteiger partial charge in [-0.05, 0) is 49.3 Å². The predicted molar refractivity (Wildman–Crippen MR) is 101 cm³/mol.